The standard InChI is InChI=1S/C19H21NO3/c1-20(11-16(21)12-23-2)19(22)14-7-8-18-15(10-14)9-13-5-3-4-6-17(13)18/h3-8,10,16,21H,9,11-12H2,1-2H3. The molecule has 0 spiro atoms. The van der Waals surface area contributed by atoms with Gasteiger partial charge in [0.15, 0.2) is 0 Å². The molecule has 3 rings (SSSR count). The Morgan fingerprint density at radius 1 is 1.22 bits per heavy atom. The number of rotatable bonds is 5. The summed E-state index contributed by atoms with van der Waals surface area (Å²) >= 11 is 0. The van der Waals surface area contributed by atoms with E-state index in [1.165, 1.54) is 34.3 Å². The molecule has 0 aliphatic heterocycles. The lowest BCUT2D eigenvalue weighted by molar-refractivity contribution is 0.0380. The van der Waals surface area contributed by atoms with Crippen molar-refractivity contribution in [1.29, 1.82) is 0 Å². The van der Waals surface area contributed by atoms with E-state index in [1.807, 2.05) is 30.3 Å². The van der Waals surface area contributed by atoms with Gasteiger partial charge in [-0.3, -0.25) is 4.79 Å². The number of ether oxygens (including phenoxy) is 1. The van der Waals surface area contributed by atoms with Crippen LogP contribution in [-0.4, -0.2) is 49.3 Å². The van der Waals surface area contributed by atoms with Gasteiger partial charge in [-0.25, -0.2) is 0 Å². The number of methoxy groups -OCH3 is 1. The van der Waals surface area contributed by atoms with Crippen molar-refractivity contribution in [3.05, 3.63) is 59.2 Å². The number of aliphatic hydroxyl groups is 1. The molecule has 0 bridgehead atoms. The highest BCUT2D eigenvalue weighted by atomic mass is 16.5. The van der Waals surface area contributed by atoms with Crippen LogP contribution in [0.25, 0.3) is 11.1 Å². The maximum absolute atomic E-state index is 12.5. The van der Waals surface area contributed by atoms with Crippen molar-refractivity contribution < 1.29 is 14.6 Å². The molecule has 0 heterocycles. The van der Waals surface area contributed by atoms with E-state index in [2.05, 4.69) is 12.1 Å². The fourth-order valence-corrected chi connectivity index (χ4v) is 3.14. The van der Waals surface area contributed by atoms with Crippen LogP contribution in [0.4, 0.5) is 0 Å². The number of carbonyl (C=O) groups excluding carboxylic acids is 1. The summed E-state index contributed by atoms with van der Waals surface area (Å²) in [5.74, 6) is -0.0843. The van der Waals surface area contributed by atoms with Gasteiger partial charge in [0.2, 0.25) is 0 Å². The number of hydrogen-bond acceptors (Lipinski definition) is 3. The van der Waals surface area contributed by atoms with Crippen molar-refractivity contribution >= 4 is 5.91 Å². The molecule has 0 saturated carbocycles. The molecule has 1 amide bonds. The van der Waals surface area contributed by atoms with Crippen molar-refractivity contribution in [2.24, 2.45) is 0 Å². The van der Waals surface area contributed by atoms with Gasteiger partial charge in [0, 0.05) is 26.3 Å². The molecule has 120 valence electrons. The summed E-state index contributed by atoms with van der Waals surface area (Å²) < 4.78 is 4.90. The molecular weight excluding hydrogens is 290 g/mol. The Balaban J connectivity index is 1.78. The fraction of sp³-hybridized carbons (Fsp3) is 0.316. The predicted octanol–water partition coefficient (Wildman–Crippen LogP) is 2.34. The monoisotopic (exact) mass is 311 g/mol. The molecule has 1 atom stereocenters. The first-order valence-corrected chi connectivity index (χ1v) is 7.74. The van der Waals surface area contributed by atoms with Crippen molar-refractivity contribution in [3.63, 3.8) is 0 Å². The smallest absolute Gasteiger partial charge is 0.253 e. The highest BCUT2D eigenvalue weighted by Crippen LogP contribution is 2.36. The normalized spacial score (nSPS) is 13.3. The Labute approximate surface area is 136 Å². The van der Waals surface area contributed by atoms with E-state index in [0.29, 0.717) is 5.56 Å². The quantitative estimate of drug-likeness (QED) is 0.787. The van der Waals surface area contributed by atoms with E-state index in [4.69, 9.17) is 4.74 Å². The van der Waals surface area contributed by atoms with E-state index < -0.39 is 6.10 Å². The van der Waals surface area contributed by atoms with Gasteiger partial charge in [-0.1, -0.05) is 30.3 Å². The van der Waals surface area contributed by atoms with Crippen LogP contribution in [0.1, 0.15) is 21.5 Å². The van der Waals surface area contributed by atoms with Crippen LogP contribution in [0.5, 0.6) is 0 Å². The largest absolute Gasteiger partial charge is 0.389 e. The third kappa shape index (κ3) is 3.14. The minimum Gasteiger partial charge on any atom is -0.389 e. The molecule has 4 nitrogen and oxygen atoms in total. The summed E-state index contributed by atoms with van der Waals surface area (Å²) in [5, 5.41) is 9.77. The first-order chi connectivity index (χ1) is 11.1. The van der Waals surface area contributed by atoms with Gasteiger partial charge >= 0.3 is 0 Å². The Morgan fingerprint density at radius 2 is 1.96 bits per heavy atom. The average molecular weight is 311 g/mol. The molecular formula is C19H21NO3. The Kier molecular flexibility index (Phi) is 4.46. The van der Waals surface area contributed by atoms with Crippen LogP contribution in [-0.2, 0) is 11.2 Å². The first kappa shape index (κ1) is 15.7. The van der Waals surface area contributed by atoms with E-state index in [-0.39, 0.29) is 19.1 Å². The molecule has 1 unspecified atom stereocenters. The summed E-state index contributed by atoms with van der Waals surface area (Å²) in [4.78, 5) is 14.1. The molecule has 1 aliphatic carbocycles. The Morgan fingerprint density at radius 3 is 2.74 bits per heavy atom. The predicted molar refractivity (Wildman–Crippen MR) is 89.5 cm³/mol. The molecule has 4 heteroatoms. The Hall–Kier alpha value is -2.17. The van der Waals surface area contributed by atoms with Crippen molar-refractivity contribution in [2.75, 3.05) is 27.3 Å². The molecule has 23 heavy (non-hydrogen) atoms. The summed E-state index contributed by atoms with van der Waals surface area (Å²) in [6, 6.07) is 14.2. The van der Waals surface area contributed by atoms with Crippen LogP contribution in [0.15, 0.2) is 42.5 Å². The number of carbonyl (C=O) groups is 1. The number of likely N-dealkylation sites (N-methyl/N-ethyl adjacent to an activating group) is 1. The van der Waals surface area contributed by atoms with Gasteiger partial charge in [-0.15, -0.1) is 0 Å². The molecule has 2 aromatic rings. The maximum atomic E-state index is 12.5. The summed E-state index contributed by atoms with van der Waals surface area (Å²) in [6.07, 6.45) is 0.190. The summed E-state index contributed by atoms with van der Waals surface area (Å²) in [5.41, 5.74) is 5.60. The first-order valence-electron chi connectivity index (χ1n) is 7.74. The second kappa shape index (κ2) is 6.52. The van der Waals surface area contributed by atoms with E-state index in [9.17, 15) is 9.90 Å². The summed E-state index contributed by atoms with van der Waals surface area (Å²) in [6.45, 7) is 0.473. The van der Waals surface area contributed by atoms with Crippen LogP contribution in [0, 0.1) is 0 Å². The highest BCUT2D eigenvalue weighted by Gasteiger charge is 2.21. The summed E-state index contributed by atoms with van der Waals surface area (Å²) in [7, 11) is 3.23. The average Bonchev–Trinajstić information content (AvgIpc) is 2.91. The third-order valence-electron chi connectivity index (χ3n) is 4.23. The van der Waals surface area contributed by atoms with Gasteiger partial charge in [0.05, 0.1) is 12.7 Å². The topological polar surface area (TPSA) is 49.8 Å². The molecule has 1 N–H and O–H groups in total. The van der Waals surface area contributed by atoms with Crippen LogP contribution in [0.2, 0.25) is 0 Å². The SMILES string of the molecule is COCC(O)CN(C)C(=O)c1ccc2c(c1)Cc1ccccc1-2. The number of nitrogens with zero attached hydrogens (tertiary/aromatic N) is 1. The van der Waals surface area contributed by atoms with Gasteiger partial charge in [-0.2, -0.15) is 0 Å². The van der Waals surface area contributed by atoms with Gasteiger partial charge in [0.1, 0.15) is 0 Å². The van der Waals surface area contributed by atoms with E-state index in [0.717, 1.165) is 6.42 Å². The zero-order valence-corrected chi connectivity index (χ0v) is 13.5. The van der Waals surface area contributed by atoms with Crippen LogP contribution in [0.3, 0.4) is 0 Å². The highest BCUT2D eigenvalue weighted by molar-refractivity contribution is 5.95. The molecule has 2 aromatic carbocycles. The van der Waals surface area contributed by atoms with Gasteiger partial charge in [0.25, 0.3) is 5.91 Å². The van der Waals surface area contributed by atoms with Gasteiger partial charge in [-0.05, 0) is 40.8 Å². The second-order valence-corrected chi connectivity index (χ2v) is 6.00. The van der Waals surface area contributed by atoms with E-state index >= 15 is 0 Å². The number of benzene rings is 2. The maximum Gasteiger partial charge on any atom is 0.253 e. The fourth-order valence-electron chi connectivity index (χ4n) is 3.14. The Bertz CT molecular complexity index is 726. The number of amides is 1. The number of hydrogen-bond donors (Lipinski definition) is 1. The number of aliphatic hydroxyl groups excluding tert-OH is 1. The van der Waals surface area contributed by atoms with E-state index in [1.54, 1.807) is 7.05 Å². The van der Waals surface area contributed by atoms with Crippen molar-refractivity contribution in [1.82, 2.24) is 4.90 Å². The molecule has 0 radical (unpaired) electrons. The third-order valence-corrected chi connectivity index (χ3v) is 4.23. The number of fused-ring (bicyclic) bond motifs is 3. The second-order valence-electron chi connectivity index (χ2n) is 6.00. The molecule has 0 saturated heterocycles. The zero-order chi connectivity index (χ0) is 16.4. The minimum absolute atomic E-state index is 0.0843. The lowest BCUT2D eigenvalue weighted by Crippen LogP contribution is -2.36. The van der Waals surface area contributed by atoms with Crippen molar-refractivity contribution in [3.8, 4) is 11.1 Å². The molecule has 1 aliphatic rings. The lowest BCUT2D eigenvalue weighted by atomic mass is 10.0. The van der Waals surface area contributed by atoms with Crippen LogP contribution < -0.4 is 0 Å². The van der Waals surface area contributed by atoms with Crippen molar-refractivity contribution in [2.45, 2.75) is 12.5 Å². The van der Waals surface area contributed by atoms with Gasteiger partial charge < -0.3 is 14.7 Å². The molecule has 0 fully saturated rings. The zero-order valence-electron chi connectivity index (χ0n) is 13.5. The van der Waals surface area contributed by atoms with Crippen LogP contribution >= 0.6 is 0 Å². The lowest BCUT2D eigenvalue weighted by Gasteiger charge is -2.20. The molecule has 0 aromatic heterocycles. The minimum atomic E-state index is -0.673.